The van der Waals surface area contributed by atoms with Gasteiger partial charge in [-0.3, -0.25) is 9.59 Å². The summed E-state index contributed by atoms with van der Waals surface area (Å²) < 4.78 is 5.63. The molecule has 0 radical (unpaired) electrons. The quantitative estimate of drug-likeness (QED) is 0.374. The molecule has 3 rings (SSSR count). The van der Waals surface area contributed by atoms with Gasteiger partial charge in [-0.2, -0.15) is 0 Å². The van der Waals surface area contributed by atoms with Crippen LogP contribution in [0.15, 0.2) is 54.1 Å². The molecule has 0 aromatic heterocycles. The van der Waals surface area contributed by atoms with Gasteiger partial charge in [0.2, 0.25) is 5.78 Å². The number of nitrogens with zero attached hydrogens (tertiary/aromatic N) is 1. The zero-order valence-corrected chi connectivity index (χ0v) is 19.6. The molecule has 1 saturated heterocycles. The van der Waals surface area contributed by atoms with E-state index in [9.17, 15) is 14.7 Å². The lowest BCUT2D eigenvalue weighted by molar-refractivity contribution is -0.858. The molecule has 7 heteroatoms. The molecular formula is C25H29ClN2O4. The highest BCUT2D eigenvalue weighted by molar-refractivity contribution is 6.46. The van der Waals surface area contributed by atoms with Gasteiger partial charge in [0, 0.05) is 23.6 Å². The van der Waals surface area contributed by atoms with Crippen molar-refractivity contribution in [1.29, 1.82) is 0 Å². The molecule has 1 heterocycles. The number of carbonyl (C=O) groups excluding carboxylic acids is 2. The summed E-state index contributed by atoms with van der Waals surface area (Å²) in [6.07, 6.45) is 0.714. The van der Waals surface area contributed by atoms with E-state index in [-0.39, 0.29) is 11.7 Å². The molecule has 2 aromatic carbocycles. The van der Waals surface area contributed by atoms with Crippen LogP contribution in [0.25, 0.3) is 5.76 Å². The number of Topliss-reactive ketones (excluding diaryl/α,β-unsaturated/α-hetero) is 1. The lowest BCUT2D eigenvalue weighted by atomic mass is 9.95. The number of ketones is 1. The lowest BCUT2D eigenvalue weighted by Crippen LogP contribution is -3.05. The molecule has 1 fully saturated rings. The monoisotopic (exact) mass is 456 g/mol. The molecule has 0 bridgehead atoms. The number of rotatable bonds is 8. The van der Waals surface area contributed by atoms with Crippen molar-refractivity contribution in [2.75, 3.05) is 27.2 Å². The van der Waals surface area contributed by atoms with Gasteiger partial charge in [0.15, 0.2) is 0 Å². The fourth-order valence-electron chi connectivity index (χ4n) is 3.84. The van der Waals surface area contributed by atoms with Crippen LogP contribution in [0, 0.1) is 0 Å². The Bertz CT molecular complexity index is 1010. The topological polar surface area (TPSA) is 74.1 Å². The van der Waals surface area contributed by atoms with Gasteiger partial charge < -0.3 is 19.6 Å². The van der Waals surface area contributed by atoms with Gasteiger partial charge in [0.25, 0.3) is 5.91 Å². The number of carbonyl (C=O) groups is 2. The van der Waals surface area contributed by atoms with E-state index in [2.05, 4.69) is 0 Å². The maximum atomic E-state index is 13.4. The van der Waals surface area contributed by atoms with Crippen LogP contribution in [-0.4, -0.2) is 49.9 Å². The second-order valence-corrected chi connectivity index (χ2v) is 8.97. The average Bonchev–Trinajstić information content (AvgIpc) is 2.98. The highest BCUT2D eigenvalue weighted by Crippen LogP contribution is 2.39. The molecule has 0 aliphatic carbocycles. The van der Waals surface area contributed by atoms with Gasteiger partial charge in [-0.25, -0.2) is 0 Å². The van der Waals surface area contributed by atoms with E-state index >= 15 is 0 Å². The normalized spacial score (nSPS) is 18.1. The summed E-state index contributed by atoms with van der Waals surface area (Å²) in [5.41, 5.74) is 0.952. The molecule has 6 nitrogen and oxygen atoms in total. The Morgan fingerprint density at radius 3 is 2.44 bits per heavy atom. The van der Waals surface area contributed by atoms with Crippen molar-refractivity contribution in [3.63, 3.8) is 0 Å². The van der Waals surface area contributed by atoms with E-state index in [1.165, 1.54) is 9.80 Å². The Balaban J connectivity index is 2.04. The number of hydrogen-bond donors (Lipinski definition) is 1. The first-order valence-electron chi connectivity index (χ1n) is 10.8. The number of hydrogen-bond acceptors (Lipinski definition) is 4. The Morgan fingerprint density at radius 2 is 1.84 bits per heavy atom. The van der Waals surface area contributed by atoms with Crippen molar-refractivity contribution in [2.45, 2.75) is 32.4 Å². The van der Waals surface area contributed by atoms with Crippen molar-refractivity contribution in [3.05, 3.63) is 70.3 Å². The van der Waals surface area contributed by atoms with Crippen LogP contribution in [0.5, 0.6) is 5.75 Å². The molecule has 0 saturated carbocycles. The molecule has 2 aromatic rings. The van der Waals surface area contributed by atoms with Gasteiger partial charge in [-0.15, -0.1) is 0 Å². The predicted molar refractivity (Wildman–Crippen MR) is 122 cm³/mol. The second kappa shape index (κ2) is 10.2. The number of amides is 1. The molecule has 170 valence electrons. The molecular weight excluding hydrogens is 428 g/mol. The zero-order valence-electron chi connectivity index (χ0n) is 18.9. The molecule has 1 aliphatic rings. The SMILES string of the molecule is CC(C)Oc1ccc(C([O-])=C2C(=O)C(=O)N(CCC[NH+](C)C)C2c2cccc(Cl)c2)cc1. The van der Waals surface area contributed by atoms with Crippen molar-refractivity contribution < 1.29 is 24.3 Å². The van der Waals surface area contributed by atoms with E-state index in [4.69, 9.17) is 16.3 Å². The number of benzene rings is 2. The predicted octanol–water partition coefficient (Wildman–Crippen LogP) is 1.89. The lowest BCUT2D eigenvalue weighted by Gasteiger charge is -2.28. The van der Waals surface area contributed by atoms with Gasteiger partial charge in [-0.05, 0) is 49.2 Å². The highest BCUT2D eigenvalue weighted by atomic mass is 35.5. The van der Waals surface area contributed by atoms with Crippen molar-refractivity contribution in [3.8, 4) is 5.75 Å². The van der Waals surface area contributed by atoms with Crippen molar-refractivity contribution in [1.82, 2.24) is 4.90 Å². The van der Waals surface area contributed by atoms with Crippen LogP contribution < -0.4 is 14.7 Å². The Morgan fingerprint density at radius 1 is 1.16 bits per heavy atom. The van der Waals surface area contributed by atoms with Crippen LogP contribution in [-0.2, 0) is 9.59 Å². The standard InChI is InChI=1S/C25H29ClN2O4/c1-16(2)32-20-11-9-17(10-12-20)23(29)21-22(18-7-5-8-19(26)15-18)28(25(31)24(21)30)14-6-13-27(3)4/h5,7-12,15-16,22,29H,6,13-14H2,1-4H3. The van der Waals surface area contributed by atoms with E-state index in [0.717, 1.165) is 6.54 Å². The number of halogens is 1. The summed E-state index contributed by atoms with van der Waals surface area (Å²) in [6.45, 7) is 5.05. The zero-order chi connectivity index (χ0) is 23.4. The Hall–Kier alpha value is -2.83. The average molecular weight is 457 g/mol. The van der Waals surface area contributed by atoms with Crippen LogP contribution in [0.1, 0.15) is 37.4 Å². The van der Waals surface area contributed by atoms with Crippen LogP contribution in [0.4, 0.5) is 0 Å². The minimum atomic E-state index is -0.759. The van der Waals surface area contributed by atoms with Crippen LogP contribution in [0.3, 0.4) is 0 Å². The Labute approximate surface area is 194 Å². The first-order valence-corrected chi connectivity index (χ1v) is 11.1. The summed E-state index contributed by atoms with van der Waals surface area (Å²) in [7, 11) is 4.05. The maximum absolute atomic E-state index is 13.4. The molecule has 1 aliphatic heterocycles. The Kier molecular flexibility index (Phi) is 7.59. The first kappa shape index (κ1) is 23.8. The maximum Gasteiger partial charge on any atom is 0.295 e. The molecule has 1 unspecified atom stereocenters. The largest absolute Gasteiger partial charge is 0.872 e. The summed E-state index contributed by atoms with van der Waals surface area (Å²) in [5, 5.41) is 13.9. The first-order chi connectivity index (χ1) is 15.2. The van der Waals surface area contributed by atoms with Crippen molar-refractivity contribution >= 4 is 29.1 Å². The van der Waals surface area contributed by atoms with Gasteiger partial charge in [0.1, 0.15) is 5.75 Å². The molecule has 0 spiro atoms. The van der Waals surface area contributed by atoms with Gasteiger partial charge in [-0.1, -0.05) is 41.6 Å². The molecule has 32 heavy (non-hydrogen) atoms. The minimum Gasteiger partial charge on any atom is -0.872 e. The van der Waals surface area contributed by atoms with E-state index in [0.29, 0.717) is 34.9 Å². The summed E-state index contributed by atoms with van der Waals surface area (Å²) in [4.78, 5) is 28.7. The second-order valence-electron chi connectivity index (χ2n) is 8.53. The van der Waals surface area contributed by atoms with Gasteiger partial charge in [0.05, 0.1) is 32.8 Å². The number of likely N-dealkylation sites (tertiary alicyclic amines) is 1. The number of quaternary nitrogens is 1. The third kappa shape index (κ3) is 5.31. The third-order valence-electron chi connectivity index (χ3n) is 5.26. The fourth-order valence-corrected chi connectivity index (χ4v) is 4.04. The molecule has 1 atom stereocenters. The van der Waals surface area contributed by atoms with Gasteiger partial charge >= 0.3 is 0 Å². The smallest absolute Gasteiger partial charge is 0.295 e. The third-order valence-corrected chi connectivity index (χ3v) is 5.49. The molecule has 1 N–H and O–H groups in total. The summed E-state index contributed by atoms with van der Waals surface area (Å²) in [5.74, 6) is -1.22. The highest BCUT2D eigenvalue weighted by Gasteiger charge is 2.44. The molecule has 1 amide bonds. The summed E-state index contributed by atoms with van der Waals surface area (Å²) in [6, 6.07) is 12.8. The van der Waals surface area contributed by atoms with Crippen LogP contribution >= 0.6 is 11.6 Å². The number of nitrogens with one attached hydrogen (secondary N) is 1. The fraction of sp³-hybridized carbons (Fsp3) is 0.360. The minimum absolute atomic E-state index is 0.00438. The van der Waals surface area contributed by atoms with Crippen LogP contribution in [0.2, 0.25) is 5.02 Å². The van der Waals surface area contributed by atoms with Crippen molar-refractivity contribution in [2.24, 2.45) is 0 Å². The summed E-state index contributed by atoms with van der Waals surface area (Å²) >= 11 is 6.19. The van der Waals surface area contributed by atoms with E-state index in [1.54, 1.807) is 48.5 Å². The van der Waals surface area contributed by atoms with E-state index in [1.807, 2.05) is 27.9 Å². The number of ether oxygens (including phenoxy) is 1. The van der Waals surface area contributed by atoms with E-state index < -0.39 is 23.5 Å².